The van der Waals surface area contributed by atoms with Crippen LogP contribution in [0.25, 0.3) is 0 Å². The minimum absolute atomic E-state index is 0.0357. The molecule has 0 aliphatic rings. The lowest BCUT2D eigenvalue weighted by Crippen LogP contribution is -2.24. The predicted molar refractivity (Wildman–Crippen MR) is 59.2 cm³/mol. The molecule has 17 heavy (non-hydrogen) atoms. The summed E-state index contributed by atoms with van der Waals surface area (Å²) >= 11 is 0. The zero-order valence-corrected chi connectivity index (χ0v) is 9.50. The molecule has 0 amide bonds. The van der Waals surface area contributed by atoms with Crippen molar-refractivity contribution in [3.63, 3.8) is 0 Å². The Labute approximate surface area is 98.8 Å². The van der Waals surface area contributed by atoms with Crippen molar-refractivity contribution in [3.8, 4) is 5.75 Å². The monoisotopic (exact) mass is 241 g/mol. The van der Waals surface area contributed by atoms with E-state index < -0.39 is 12.1 Å². The number of aliphatic hydroxyl groups excluding tert-OH is 1. The average Bonchev–Trinajstić information content (AvgIpc) is 2.34. The summed E-state index contributed by atoms with van der Waals surface area (Å²) in [7, 11) is 0. The van der Waals surface area contributed by atoms with Crippen LogP contribution in [0, 0.1) is 0 Å². The van der Waals surface area contributed by atoms with E-state index in [0.717, 1.165) is 0 Å². The first-order valence-electron chi connectivity index (χ1n) is 5.22. The average molecular weight is 241 g/mol. The quantitative estimate of drug-likeness (QED) is 0.725. The van der Waals surface area contributed by atoms with Gasteiger partial charge in [-0.3, -0.25) is 0 Å². The summed E-state index contributed by atoms with van der Waals surface area (Å²) in [4.78, 5) is 14.5. The second-order valence-electron chi connectivity index (χ2n) is 3.28. The number of nitrogens with zero attached hydrogens (tertiary/aromatic N) is 1. The highest BCUT2D eigenvalue weighted by molar-refractivity contribution is 5.88. The van der Waals surface area contributed by atoms with E-state index in [1.54, 1.807) is 6.07 Å². The van der Waals surface area contributed by atoms with E-state index in [1.807, 2.05) is 6.92 Å². The number of rotatable bonds is 7. The van der Waals surface area contributed by atoms with E-state index in [0.29, 0.717) is 6.61 Å². The van der Waals surface area contributed by atoms with Crippen LogP contribution >= 0.6 is 0 Å². The maximum Gasteiger partial charge on any atom is 0.358 e. The number of hydrogen-bond donors (Lipinski definition) is 2. The van der Waals surface area contributed by atoms with Gasteiger partial charge in [0.05, 0.1) is 6.61 Å². The van der Waals surface area contributed by atoms with Crippen molar-refractivity contribution in [3.05, 3.63) is 24.0 Å². The Balaban J connectivity index is 2.54. The van der Waals surface area contributed by atoms with Gasteiger partial charge in [-0.25, -0.2) is 9.78 Å². The van der Waals surface area contributed by atoms with Crippen LogP contribution in [0.4, 0.5) is 0 Å². The lowest BCUT2D eigenvalue weighted by molar-refractivity contribution is 0.0159. The van der Waals surface area contributed by atoms with Gasteiger partial charge in [0.15, 0.2) is 11.4 Å². The van der Waals surface area contributed by atoms with Crippen LogP contribution in [0.3, 0.4) is 0 Å². The van der Waals surface area contributed by atoms with Gasteiger partial charge in [0.25, 0.3) is 0 Å². The van der Waals surface area contributed by atoms with Crippen molar-refractivity contribution < 1.29 is 24.5 Å². The molecule has 0 fully saturated rings. The van der Waals surface area contributed by atoms with Gasteiger partial charge in [0.2, 0.25) is 0 Å². The van der Waals surface area contributed by atoms with Crippen molar-refractivity contribution in [1.29, 1.82) is 0 Å². The molecule has 1 unspecified atom stereocenters. The van der Waals surface area contributed by atoms with Gasteiger partial charge in [-0.15, -0.1) is 0 Å². The van der Waals surface area contributed by atoms with Gasteiger partial charge in [0.1, 0.15) is 12.7 Å². The lowest BCUT2D eigenvalue weighted by atomic mass is 10.3. The highest BCUT2D eigenvalue weighted by Gasteiger charge is 2.13. The highest BCUT2D eigenvalue weighted by Crippen LogP contribution is 2.15. The Kier molecular flexibility index (Phi) is 5.38. The van der Waals surface area contributed by atoms with E-state index >= 15 is 0 Å². The van der Waals surface area contributed by atoms with Gasteiger partial charge in [0, 0.05) is 12.8 Å². The summed E-state index contributed by atoms with van der Waals surface area (Å²) in [6, 6.07) is 3.06. The summed E-state index contributed by atoms with van der Waals surface area (Å²) in [6.45, 7) is 2.44. The van der Waals surface area contributed by atoms with Crippen LogP contribution in [-0.4, -0.2) is 47.1 Å². The topological polar surface area (TPSA) is 88.9 Å². The summed E-state index contributed by atoms with van der Waals surface area (Å²) in [5, 5.41) is 18.3. The van der Waals surface area contributed by atoms with Crippen molar-refractivity contribution >= 4 is 5.97 Å². The molecule has 94 valence electrons. The van der Waals surface area contributed by atoms with Crippen LogP contribution in [0.15, 0.2) is 18.3 Å². The first kappa shape index (κ1) is 13.4. The predicted octanol–water partition coefficient (Wildman–Crippen LogP) is 0.556. The Morgan fingerprint density at radius 3 is 2.94 bits per heavy atom. The second kappa shape index (κ2) is 6.82. The molecule has 6 heteroatoms. The number of carboxylic acid groups (broad SMARTS) is 1. The number of aromatic carboxylic acids is 1. The normalized spacial score (nSPS) is 12.1. The molecule has 1 atom stereocenters. The van der Waals surface area contributed by atoms with Gasteiger partial charge >= 0.3 is 5.97 Å². The molecule has 0 bridgehead atoms. The number of pyridine rings is 1. The third kappa shape index (κ3) is 4.38. The minimum Gasteiger partial charge on any atom is -0.488 e. The Bertz CT molecular complexity index is 369. The summed E-state index contributed by atoms with van der Waals surface area (Å²) in [6.07, 6.45) is 0.573. The maximum absolute atomic E-state index is 10.8. The molecule has 0 spiro atoms. The SMILES string of the molecule is CCOCC(O)COc1cccnc1C(=O)O. The zero-order chi connectivity index (χ0) is 12.7. The second-order valence-corrected chi connectivity index (χ2v) is 3.28. The molecule has 1 rings (SSSR count). The summed E-state index contributed by atoms with van der Waals surface area (Å²) in [5.41, 5.74) is -0.170. The molecule has 0 radical (unpaired) electrons. The van der Waals surface area contributed by atoms with Crippen LogP contribution in [0.2, 0.25) is 0 Å². The number of carboxylic acids is 1. The molecule has 1 aromatic heterocycles. The minimum atomic E-state index is -1.17. The number of ether oxygens (including phenoxy) is 2. The van der Waals surface area contributed by atoms with E-state index in [-0.39, 0.29) is 24.7 Å². The summed E-state index contributed by atoms with van der Waals surface area (Å²) in [5.74, 6) is -1.03. The molecule has 1 heterocycles. The van der Waals surface area contributed by atoms with E-state index in [1.165, 1.54) is 12.3 Å². The van der Waals surface area contributed by atoms with Crippen LogP contribution in [0.5, 0.6) is 5.75 Å². The molecular formula is C11H15NO5. The largest absolute Gasteiger partial charge is 0.488 e. The van der Waals surface area contributed by atoms with Gasteiger partial charge in [-0.05, 0) is 19.1 Å². The molecule has 0 aromatic carbocycles. The number of aromatic nitrogens is 1. The number of aliphatic hydroxyl groups is 1. The molecule has 0 saturated carbocycles. The third-order valence-corrected chi connectivity index (χ3v) is 1.92. The van der Waals surface area contributed by atoms with Crippen molar-refractivity contribution in [2.24, 2.45) is 0 Å². The van der Waals surface area contributed by atoms with E-state index in [4.69, 9.17) is 14.6 Å². The van der Waals surface area contributed by atoms with Gasteiger partial charge in [-0.1, -0.05) is 0 Å². The number of hydrogen-bond acceptors (Lipinski definition) is 5. The third-order valence-electron chi connectivity index (χ3n) is 1.92. The molecule has 0 aliphatic carbocycles. The van der Waals surface area contributed by atoms with Crippen LogP contribution in [-0.2, 0) is 4.74 Å². The van der Waals surface area contributed by atoms with E-state index in [2.05, 4.69) is 4.98 Å². The Morgan fingerprint density at radius 2 is 2.29 bits per heavy atom. The summed E-state index contributed by atoms with van der Waals surface area (Å²) < 4.78 is 10.2. The molecule has 1 aromatic rings. The van der Waals surface area contributed by atoms with Gasteiger partial charge in [-0.2, -0.15) is 0 Å². The Hall–Kier alpha value is -1.66. The van der Waals surface area contributed by atoms with E-state index in [9.17, 15) is 9.90 Å². The smallest absolute Gasteiger partial charge is 0.358 e. The Morgan fingerprint density at radius 1 is 1.53 bits per heavy atom. The fraction of sp³-hybridized carbons (Fsp3) is 0.455. The molecule has 0 saturated heterocycles. The molecule has 2 N–H and O–H groups in total. The molecule has 0 aliphatic heterocycles. The highest BCUT2D eigenvalue weighted by atomic mass is 16.5. The lowest BCUT2D eigenvalue weighted by Gasteiger charge is -2.12. The van der Waals surface area contributed by atoms with Crippen molar-refractivity contribution in [2.75, 3.05) is 19.8 Å². The number of carbonyl (C=O) groups is 1. The molecular weight excluding hydrogens is 226 g/mol. The van der Waals surface area contributed by atoms with Crippen molar-refractivity contribution in [1.82, 2.24) is 4.98 Å². The van der Waals surface area contributed by atoms with Crippen LogP contribution in [0.1, 0.15) is 17.4 Å². The fourth-order valence-electron chi connectivity index (χ4n) is 1.16. The standard InChI is InChI=1S/C11H15NO5/c1-2-16-6-8(13)7-17-9-4-3-5-12-10(9)11(14)15/h3-5,8,13H,2,6-7H2,1H3,(H,14,15). The van der Waals surface area contributed by atoms with Crippen molar-refractivity contribution in [2.45, 2.75) is 13.0 Å². The van der Waals surface area contributed by atoms with Crippen LogP contribution < -0.4 is 4.74 Å². The zero-order valence-electron chi connectivity index (χ0n) is 9.50. The fourth-order valence-corrected chi connectivity index (χ4v) is 1.16. The van der Waals surface area contributed by atoms with Gasteiger partial charge < -0.3 is 19.7 Å². The first-order valence-corrected chi connectivity index (χ1v) is 5.22. The maximum atomic E-state index is 10.8. The molecule has 6 nitrogen and oxygen atoms in total. The first-order chi connectivity index (χ1) is 8.15.